The minimum absolute atomic E-state index is 0.0334. The van der Waals surface area contributed by atoms with Crippen LogP contribution >= 0.6 is 0 Å². The lowest BCUT2D eigenvalue weighted by molar-refractivity contribution is -0.154. The third kappa shape index (κ3) is 1.78. The molecule has 1 heterocycles. The second-order valence-corrected chi connectivity index (χ2v) is 5.88. The Labute approximate surface area is 111 Å². The first-order valence-corrected chi connectivity index (χ1v) is 6.49. The molecule has 1 aromatic rings. The third-order valence-corrected chi connectivity index (χ3v) is 4.04. The molecule has 1 aliphatic heterocycles. The van der Waals surface area contributed by atoms with E-state index < -0.39 is 23.6 Å². The van der Waals surface area contributed by atoms with Crippen LogP contribution in [0, 0.1) is 5.92 Å². The first kappa shape index (κ1) is 12.4. The van der Waals surface area contributed by atoms with E-state index in [2.05, 4.69) is 0 Å². The molecule has 0 amide bonds. The molecular formula is C15H16O4. The van der Waals surface area contributed by atoms with Gasteiger partial charge in [0.15, 0.2) is 0 Å². The number of phenolic OH excluding ortho intramolecular Hbond substituents is 1. The number of Topliss-reactive ketones (excluding diaryl/α,β-unsaturated/α-hetero) is 2. The Morgan fingerprint density at radius 1 is 1.32 bits per heavy atom. The summed E-state index contributed by atoms with van der Waals surface area (Å²) in [6.07, 6.45) is 0.844. The fraction of sp³-hybridized carbons (Fsp3) is 0.467. The van der Waals surface area contributed by atoms with E-state index >= 15 is 0 Å². The van der Waals surface area contributed by atoms with Crippen LogP contribution in [0.25, 0.3) is 0 Å². The third-order valence-electron chi connectivity index (χ3n) is 4.04. The smallest absolute Gasteiger partial charge is 0.229 e. The zero-order chi connectivity index (χ0) is 13.8. The van der Waals surface area contributed by atoms with Crippen molar-refractivity contribution in [3.63, 3.8) is 0 Å². The SMILES string of the molecule is CC1(C)CCC2C(=O)C(=O)c3cccc(O)c3C2O1. The topological polar surface area (TPSA) is 63.6 Å². The van der Waals surface area contributed by atoms with Crippen LogP contribution in [0.2, 0.25) is 0 Å². The molecule has 1 aromatic carbocycles. The van der Waals surface area contributed by atoms with Gasteiger partial charge in [-0.3, -0.25) is 9.59 Å². The zero-order valence-corrected chi connectivity index (χ0v) is 11.0. The molecule has 2 aliphatic rings. The Morgan fingerprint density at radius 3 is 2.79 bits per heavy atom. The van der Waals surface area contributed by atoms with Crippen molar-refractivity contribution in [2.75, 3.05) is 0 Å². The molecule has 0 saturated carbocycles. The first-order valence-electron chi connectivity index (χ1n) is 6.49. The zero-order valence-electron chi connectivity index (χ0n) is 11.0. The summed E-state index contributed by atoms with van der Waals surface area (Å²) in [5, 5.41) is 10.0. The highest BCUT2D eigenvalue weighted by Crippen LogP contribution is 2.48. The van der Waals surface area contributed by atoms with Crippen molar-refractivity contribution in [1.82, 2.24) is 0 Å². The predicted octanol–water partition coefficient (Wildman–Crippen LogP) is 2.40. The van der Waals surface area contributed by atoms with Crippen LogP contribution in [0.15, 0.2) is 18.2 Å². The summed E-state index contributed by atoms with van der Waals surface area (Å²) in [7, 11) is 0. The summed E-state index contributed by atoms with van der Waals surface area (Å²) < 4.78 is 5.97. The number of hydrogen-bond donors (Lipinski definition) is 1. The molecule has 19 heavy (non-hydrogen) atoms. The number of phenols is 1. The van der Waals surface area contributed by atoms with Gasteiger partial charge in [-0.2, -0.15) is 0 Å². The van der Waals surface area contributed by atoms with Crippen molar-refractivity contribution >= 4 is 11.6 Å². The van der Waals surface area contributed by atoms with Crippen LogP contribution in [0.1, 0.15) is 48.7 Å². The van der Waals surface area contributed by atoms with E-state index in [4.69, 9.17) is 4.74 Å². The monoisotopic (exact) mass is 260 g/mol. The van der Waals surface area contributed by atoms with E-state index in [1.54, 1.807) is 12.1 Å². The highest BCUT2D eigenvalue weighted by Gasteiger charge is 2.48. The van der Waals surface area contributed by atoms with Crippen molar-refractivity contribution in [3.05, 3.63) is 29.3 Å². The van der Waals surface area contributed by atoms with Gasteiger partial charge in [-0.05, 0) is 32.8 Å². The average Bonchev–Trinajstić information content (AvgIpc) is 2.34. The van der Waals surface area contributed by atoms with Gasteiger partial charge in [-0.25, -0.2) is 0 Å². The van der Waals surface area contributed by atoms with Crippen LogP contribution in [0.5, 0.6) is 5.75 Å². The van der Waals surface area contributed by atoms with E-state index in [-0.39, 0.29) is 16.9 Å². The van der Waals surface area contributed by atoms with Crippen LogP contribution in [-0.4, -0.2) is 22.3 Å². The molecule has 1 N–H and O–H groups in total. The highest BCUT2D eigenvalue weighted by atomic mass is 16.5. The van der Waals surface area contributed by atoms with E-state index in [0.29, 0.717) is 12.0 Å². The second-order valence-electron chi connectivity index (χ2n) is 5.88. The van der Waals surface area contributed by atoms with E-state index in [1.807, 2.05) is 13.8 Å². The normalized spacial score (nSPS) is 28.7. The molecule has 100 valence electrons. The summed E-state index contributed by atoms with van der Waals surface area (Å²) >= 11 is 0. The summed E-state index contributed by atoms with van der Waals surface area (Å²) in [6.45, 7) is 3.92. The number of carbonyl (C=O) groups is 2. The maximum atomic E-state index is 12.1. The lowest BCUT2D eigenvalue weighted by atomic mass is 9.73. The minimum Gasteiger partial charge on any atom is -0.508 e. The van der Waals surface area contributed by atoms with Gasteiger partial charge < -0.3 is 9.84 Å². The molecule has 1 fully saturated rings. The maximum Gasteiger partial charge on any atom is 0.229 e. The van der Waals surface area contributed by atoms with Crippen molar-refractivity contribution in [2.45, 2.75) is 38.4 Å². The first-order chi connectivity index (χ1) is 8.91. The van der Waals surface area contributed by atoms with Gasteiger partial charge in [-0.15, -0.1) is 0 Å². The number of aromatic hydroxyl groups is 1. The van der Waals surface area contributed by atoms with Gasteiger partial charge in [0, 0.05) is 11.1 Å². The molecule has 3 rings (SSSR count). The molecule has 0 aromatic heterocycles. The van der Waals surface area contributed by atoms with Crippen LogP contribution < -0.4 is 0 Å². The lowest BCUT2D eigenvalue weighted by Gasteiger charge is -2.43. The number of fused-ring (bicyclic) bond motifs is 3. The van der Waals surface area contributed by atoms with Gasteiger partial charge in [0.2, 0.25) is 11.6 Å². The quantitative estimate of drug-likeness (QED) is 0.727. The fourth-order valence-electron chi connectivity index (χ4n) is 3.02. The predicted molar refractivity (Wildman–Crippen MR) is 68.1 cm³/mol. The van der Waals surface area contributed by atoms with Crippen LogP contribution in [-0.2, 0) is 9.53 Å². The molecule has 4 nitrogen and oxygen atoms in total. The average molecular weight is 260 g/mol. The molecule has 0 radical (unpaired) electrons. The molecule has 2 unspecified atom stereocenters. The number of benzene rings is 1. The van der Waals surface area contributed by atoms with Crippen molar-refractivity contribution in [2.24, 2.45) is 5.92 Å². The van der Waals surface area contributed by atoms with Crippen LogP contribution in [0.4, 0.5) is 0 Å². The fourth-order valence-corrected chi connectivity index (χ4v) is 3.02. The molecule has 0 bridgehead atoms. The molecule has 2 atom stereocenters. The van der Waals surface area contributed by atoms with E-state index in [9.17, 15) is 14.7 Å². The van der Waals surface area contributed by atoms with E-state index in [1.165, 1.54) is 6.07 Å². The molecule has 1 saturated heterocycles. The van der Waals surface area contributed by atoms with Crippen LogP contribution in [0.3, 0.4) is 0 Å². The van der Waals surface area contributed by atoms with Gasteiger partial charge in [0.1, 0.15) is 5.75 Å². The molecular weight excluding hydrogens is 244 g/mol. The van der Waals surface area contributed by atoms with Gasteiger partial charge in [-0.1, -0.05) is 12.1 Å². The summed E-state index contributed by atoms with van der Waals surface area (Å²) in [6, 6.07) is 4.69. The Kier molecular flexibility index (Phi) is 2.54. The largest absolute Gasteiger partial charge is 0.508 e. The van der Waals surface area contributed by atoms with E-state index in [0.717, 1.165) is 6.42 Å². The molecule has 0 spiro atoms. The summed E-state index contributed by atoms with van der Waals surface area (Å²) in [5.74, 6) is -1.32. The Bertz CT molecular complexity index is 574. The molecule has 4 heteroatoms. The number of ketones is 2. The van der Waals surface area contributed by atoms with Gasteiger partial charge in [0.25, 0.3) is 0 Å². The number of rotatable bonds is 0. The van der Waals surface area contributed by atoms with Crippen molar-refractivity contribution < 1.29 is 19.4 Å². The Balaban J connectivity index is 2.17. The summed E-state index contributed by atoms with van der Waals surface area (Å²) in [5.41, 5.74) is 0.412. The minimum atomic E-state index is -0.509. The van der Waals surface area contributed by atoms with Gasteiger partial charge >= 0.3 is 0 Å². The van der Waals surface area contributed by atoms with Gasteiger partial charge in [0.05, 0.1) is 17.6 Å². The van der Waals surface area contributed by atoms with Crippen molar-refractivity contribution in [1.29, 1.82) is 0 Å². The van der Waals surface area contributed by atoms with Crippen molar-refractivity contribution in [3.8, 4) is 5.75 Å². The Hall–Kier alpha value is -1.68. The second kappa shape index (κ2) is 3.90. The molecule has 1 aliphatic carbocycles. The number of hydrogen-bond acceptors (Lipinski definition) is 4. The lowest BCUT2D eigenvalue weighted by Crippen LogP contribution is -2.44. The maximum absolute atomic E-state index is 12.1. The highest BCUT2D eigenvalue weighted by molar-refractivity contribution is 6.45. The number of ether oxygens (including phenoxy) is 1. The summed E-state index contributed by atoms with van der Waals surface area (Å²) in [4.78, 5) is 24.2. The standard InChI is InChI=1S/C15H16O4/c1-15(2)7-6-9-13(18)12(17)8-4-3-5-10(16)11(8)14(9)19-15/h3-5,9,14,16H,6-7H2,1-2H3. The number of carbonyl (C=O) groups excluding carboxylic acids is 2. The Morgan fingerprint density at radius 2 is 2.05 bits per heavy atom.